The van der Waals surface area contributed by atoms with Gasteiger partial charge in [-0.15, -0.1) is 0 Å². The van der Waals surface area contributed by atoms with E-state index in [2.05, 4.69) is 44.5 Å². The lowest BCUT2D eigenvalue weighted by molar-refractivity contribution is 0.422. The van der Waals surface area contributed by atoms with Crippen molar-refractivity contribution in [3.8, 4) is 0 Å². The van der Waals surface area contributed by atoms with Crippen LogP contribution in [0.5, 0.6) is 0 Å². The number of hydrogen-bond acceptors (Lipinski definition) is 2. The molecule has 1 aromatic heterocycles. The summed E-state index contributed by atoms with van der Waals surface area (Å²) in [4.78, 5) is 5.12. The van der Waals surface area contributed by atoms with Crippen LogP contribution in [-0.2, 0) is 6.42 Å². The summed E-state index contributed by atoms with van der Waals surface area (Å²) in [6, 6.07) is 0.415. The largest absolute Gasteiger partial charge is 0.248 e. The first-order valence-electron chi connectivity index (χ1n) is 6.69. The molecule has 96 valence electrons. The highest BCUT2D eigenvalue weighted by molar-refractivity contribution is 9.09. The summed E-state index contributed by atoms with van der Waals surface area (Å²) in [6.45, 7) is 4.33. The Balaban J connectivity index is 2.01. The maximum absolute atomic E-state index is 4.42. The molecule has 1 aliphatic rings. The molecule has 3 nitrogen and oxygen atoms in total. The van der Waals surface area contributed by atoms with E-state index in [1.807, 2.05) is 0 Å². The van der Waals surface area contributed by atoms with E-state index < -0.39 is 0 Å². The maximum atomic E-state index is 4.42. The van der Waals surface area contributed by atoms with Crippen molar-refractivity contribution in [3.63, 3.8) is 0 Å². The smallest absolute Gasteiger partial charge is 0.138 e. The minimum absolute atomic E-state index is 0.415. The molecule has 1 aliphatic carbocycles. The van der Waals surface area contributed by atoms with Crippen molar-refractivity contribution in [1.82, 2.24) is 14.8 Å². The van der Waals surface area contributed by atoms with Gasteiger partial charge < -0.3 is 0 Å². The quantitative estimate of drug-likeness (QED) is 0.629. The van der Waals surface area contributed by atoms with Gasteiger partial charge in [0.2, 0.25) is 0 Å². The van der Waals surface area contributed by atoms with Gasteiger partial charge in [0.15, 0.2) is 0 Å². The minimum atomic E-state index is 0.415. The fourth-order valence-electron chi connectivity index (χ4n) is 2.69. The van der Waals surface area contributed by atoms with Gasteiger partial charge in [-0.2, -0.15) is 5.10 Å². The van der Waals surface area contributed by atoms with Crippen LogP contribution in [0.4, 0.5) is 0 Å². The van der Waals surface area contributed by atoms with Crippen molar-refractivity contribution in [2.75, 3.05) is 0 Å². The fraction of sp³-hybridized carbons (Fsp3) is 0.846. The first-order valence-corrected chi connectivity index (χ1v) is 7.61. The molecule has 0 N–H and O–H groups in total. The molecule has 1 aromatic rings. The van der Waals surface area contributed by atoms with Crippen LogP contribution >= 0.6 is 15.9 Å². The lowest BCUT2D eigenvalue weighted by atomic mass is 9.96. The highest BCUT2D eigenvalue weighted by Crippen LogP contribution is 2.29. The van der Waals surface area contributed by atoms with Crippen molar-refractivity contribution in [3.05, 3.63) is 12.2 Å². The van der Waals surface area contributed by atoms with Gasteiger partial charge in [-0.3, -0.25) is 0 Å². The van der Waals surface area contributed by atoms with Crippen LogP contribution in [-0.4, -0.2) is 19.6 Å². The zero-order valence-electron chi connectivity index (χ0n) is 10.8. The highest BCUT2D eigenvalue weighted by atomic mass is 79.9. The van der Waals surface area contributed by atoms with Crippen LogP contribution in [0, 0.1) is 5.92 Å². The number of rotatable bonds is 3. The van der Waals surface area contributed by atoms with Gasteiger partial charge in [0.1, 0.15) is 12.2 Å². The summed E-state index contributed by atoms with van der Waals surface area (Å²) >= 11 is 3.79. The Kier molecular flexibility index (Phi) is 4.60. The van der Waals surface area contributed by atoms with E-state index in [4.69, 9.17) is 0 Å². The summed E-state index contributed by atoms with van der Waals surface area (Å²) in [5, 5.41) is 4.32. The topological polar surface area (TPSA) is 30.7 Å². The van der Waals surface area contributed by atoms with E-state index in [0.29, 0.717) is 10.9 Å². The van der Waals surface area contributed by atoms with Gasteiger partial charge in [0.05, 0.1) is 0 Å². The van der Waals surface area contributed by atoms with Crippen molar-refractivity contribution in [2.45, 2.75) is 63.2 Å². The Labute approximate surface area is 112 Å². The summed E-state index contributed by atoms with van der Waals surface area (Å²) < 4.78 is 2.06. The number of alkyl halides is 1. The van der Waals surface area contributed by atoms with E-state index in [-0.39, 0.29) is 0 Å². The van der Waals surface area contributed by atoms with Crippen molar-refractivity contribution >= 4 is 15.9 Å². The molecule has 17 heavy (non-hydrogen) atoms. The third-order valence-corrected chi connectivity index (χ3v) is 4.41. The predicted octanol–water partition coefficient (Wildman–Crippen LogP) is 3.75. The number of hydrogen-bond donors (Lipinski definition) is 0. The Bertz CT molecular complexity index is 348. The summed E-state index contributed by atoms with van der Waals surface area (Å²) in [6.07, 6.45) is 9.45. The predicted molar refractivity (Wildman–Crippen MR) is 73.4 cm³/mol. The molecule has 0 saturated heterocycles. The average molecular weight is 300 g/mol. The van der Waals surface area contributed by atoms with Gasteiger partial charge in [-0.25, -0.2) is 9.67 Å². The normalized spacial score (nSPS) is 26.1. The van der Waals surface area contributed by atoms with Crippen LogP contribution in [0.3, 0.4) is 0 Å². The lowest BCUT2D eigenvalue weighted by Crippen LogP contribution is -2.14. The third kappa shape index (κ3) is 3.54. The SMILES string of the molecule is CC(C)n1ncnc1CC1CCCCC(Br)C1. The second-order valence-electron chi connectivity index (χ2n) is 5.40. The first-order chi connectivity index (χ1) is 8.16. The molecular weight excluding hydrogens is 278 g/mol. The Morgan fingerprint density at radius 3 is 2.94 bits per heavy atom. The molecule has 0 aliphatic heterocycles. The zero-order valence-corrected chi connectivity index (χ0v) is 12.4. The van der Waals surface area contributed by atoms with E-state index in [1.165, 1.54) is 32.1 Å². The van der Waals surface area contributed by atoms with Crippen LogP contribution < -0.4 is 0 Å². The number of halogens is 1. The van der Waals surface area contributed by atoms with Gasteiger partial charge >= 0.3 is 0 Å². The molecule has 2 atom stereocenters. The molecule has 0 amide bonds. The molecule has 1 heterocycles. The van der Waals surface area contributed by atoms with Gasteiger partial charge in [0, 0.05) is 17.3 Å². The highest BCUT2D eigenvalue weighted by Gasteiger charge is 2.21. The number of nitrogens with zero attached hydrogens (tertiary/aromatic N) is 3. The Morgan fingerprint density at radius 1 is 1.41 bits per heavy atom. The minimum Gasteiger partial charge on any atom is -0.248 e. The first kappa shape index (κ1) is 13.1. The second kappa shape index (κ2) is 5.98. The fourth-order valence-corrected chi connectivity index (χ4v) is 3.54. The molecule has 0 bridgehead atoms. The van der Waals surface area contributed by atoms with Crippen LogP contribution in [0.15, 0.2) is 6.33 Å². The molecule has 4 heteroatoms. The van der Waals surface area contributed by atoms with Gasteiger partial charge in [0.25, 0.3) is 0 Å². The molecule has 2 rings (SSSR count). The van der Waals surface area contributed by atoms with Gasteiger partial charge in [-0.05, 0) is 39.0 Å². The zero-order chi connectivity index (χ0) is 12.3. The van der Waals surface area contributed by atoms with Crippen LogP contribution in [0.2, 0.25) is 0 Å². The lowest BCUT2D eigenvalue weighted by Gasteiger charge is -2.17. The molecular formula is C13H22BrN3. The monoisotopic (exact) mass is 299 g/mol. The number of aromatic nitrogens is 3. The summed E-state index contributed by atoms with van der Waals surface area (Å²) in [5.41, 5.74) is 0. The Morgan fingerprint density at radius 2 is 2.18 bits per heavy atom. The molecule has 0 spiro atoms. The Hall–Kier alpha value is -0.380. The van der Waals surface area contributed by atoms with E-state index in [0.717, 1.165) is 18.2 Å². The van der Waals surface area contributed by atoms with Gasteiger partial charge in [-0.1, -0.05) is 28.8 Å². The van der Waals surface area contributed by atoms with E-state index in [1.54, 1.807) is 6.33 Å². The van der Waals surface area contributed by atoms with Crippen LogP contribution in [0.1, 0.15) is 57.8 Å². The van der Waals surface area contributed by atoms with E-state index in [9.17, 15) is 0 Å². The molecule has 1 saturated carbocycles. The molecule has 0 aromatic carbocycles. The third-order valence-electron chi connectivity index (χ3n) is 3.58. The van der Waals surface area contributed by atoms with Crippen molar-refractivity contribution < 1.29 is 0 Å². The van der Waals surface area contributed by atoms with E-state index >= 15 is 0 Å². The van der Waals surface area contributed by atoms with Crippen LogP contribution in [0.25, 0.3) is 0 Å². The summed E-state index contributed by atoms with van der Waals surface area (Å²) in [5.74, 6) is 1.93. The van der Waals surface area contributed by atoms with Crippen molar-refractivity contribution in [1.29, 1.82) is 0 Å². The molecule has 2 unspecified atom stereocenters. The molecule has 1 fully saturated rings. The molecule has 0 radical (unpaired) electrons. The standard InChI is InChI=1S/C13H22BrN3/c1-10(2)17-13(15-9-16-17)8-11-5-3-4-6-12(14)7-11/h9-12H,3-8H2,1-2H3. The maximum Gasteiger partial charge on any atom is 0.138 e. The second-order valence-corrected chi connectivity index (χ2v) is 6.70. The average Bonchev–Trinajstić information content (AvgIpc) is 2.62. The summed E-state index contributed by atoms with van der Waals surface area (Å²) in [7, 11) is 0. The van der Waals surface area contributed by atoms with Crippen molar-refractivity contribution in [2.24, 2.45) is 5.92 Å².